The lowest BCUT2D eigenvalue weighted by atomic mass is 10.2. The number of hydrogen-bond donors (Lipinski definition) is 1. The lowest BCUT2D eigenvalue weighted by Gasteiger charge is -2.23. The summed E-state index contributed by atoms with van der Waals surface area (Å²) in [4.78, 5) is 0. The lowest BCUT2D eigenvalue weighted by Crippen LogP contribution is -2.35. The molecule has 1 aliphatic heterocycles. The van der Waals surface area contributed by atoms with Crippen LogP contribution in [0.3, 0.4) is 0 Å². The molecule has 0 radical (unpaired) electrons. The Hall–Kier alpha value is -1.48. The number of anilines is 1. The molecule has 0 bridgehead atoms. The number of hydrogen-bond acceptors (Lipinski definition) is 3. The molecular formula is C13H18N2O. The Balaban J connectivity index is 2.32. The minimum Gasteiger partial charge on any atom is -0.497 e. The predicted molar refractivity (Wildman–Crippen MR) is 66.6 cm³/mol. The predicted octanol–water partition coefficient (Wildman–Crippen LogP) is 2.62. The van der Waals surface area contributed by atoms with Crippen molar-refractivity contribution in [3.63, 3.8) is 0 Å². The van der Waals surface area contributed by atoms with Gasteiger partial charge >= 0.3 is 0 Å². The zero-order valence-electron chi connectivity index (χ0n) is 10.2. The third-order valence-corrected chi connectivity index (χ3v) is 2.82. The van der Waals surface area contributed by atoms with Gasteiger partial charge in [0.05, 0.1) is 12.8 Å². The maximum absolute atomic E-state index is 5.21. The van der Waals surface area contributed by atoms with Crippen LogP contribution in [0.4, 0.5) is 5.69 Å². The topological polar surface area (TPSA) is 24.5 Å². The Kier molecular flexibility index (Phi) is 2.88. The van der Waals surface area contributed by atoms with Crippen molar-refractivity contribution in [3.8, 4) is 5.75 Å². The summed E-state index contributed by atoms with van der Waals surface area (Å²) in [6.07, 6.45) is 2.21. The van der Waals surface area contributed by atoms with E-state index in [-0.39, 0.29) is 0 Å². The first-order valence-electron chi connectivity index (χ1n) is 5.51. The molecule has 0 aromatic heterocycles. The number of hydrazine groups is 1. The molecule has 3 heteroatoms. The third kappa shape index (κ3) is 1.91. The molecule has 1 unspecified atom stereocenters. The highest BCUT2D eigenvalue weighted by Gasteiger charge is 2.19. The van der Waals surface area contributed by atoms with Gasteiger partial charge in [-0.05, 0) is 50.6 Å². The maximum Gasteiger partial charge on any atom is 0.119 e. The fraction of sp³-hybridized carbons (Fsp3) is 0.385. The average Bonchev–Trinajstić information content (AvgIpc) is 2.57. The van der Waals surface area contributed by atoms with E-state index in [0.717, 1.165) is 5.75 Å². The number of nitrogens with zero attached hydrogens (tertiary/aromatic N) is 1. The molecule has 3 nitrogen and oxygen atoms in total. The fourth-order valence-electron chi connectivity index (χ4n) is 2.04. The van der Waals surface area contributed by atoms with Gasteiger partial charge in [-0.1, -0.05) is 0 Å². The van der Waals surface area contributed by atoms with Crippen molar-refractivity contribution in [2.45, 2.75) is 26.8 Å². The molecule has 1 atom stereocenters. The van der Waals surface area contributed by atoms with E-state index < -0.39 is 0 Å². The summed E-state index contributed by atoms with van der Waals surface area (Å²) in [5, 5.41) is 2.12. The van der Waals surface area contributed by atoms with E-state index in [1.165, 1.54) is 16.9 Å². The van der Waals surface area contributed by atoms with Gasteiger partial charge in [0.15, 0.2) is 0 Å². The minimum absolute atomic E-state index is 0.390. The van der Waals surface area contributed by atoms with Crippen molar-refractivity contribution in [1.29, 1.82) is 0 Å². The molecule has 0 fully saturated rings. The van der Waals surface area contributed by atoms with E-state index in [9.17, 15) is 0 Å². The summed E-state index contributed by atoms with van der Waals surface area (Å²) >= 11 is 0. The normalized spacial score (nSPS) is 19.9. The molecule has 1 aliphatic rings. The van der Waals surface area contributed by atoms with Crippen LogP contribution in [0, 0.1) is 6.92 Å². The standard InChI is InChI=1S/C13H18N2O/c1-9-7-12(16-4)5-6-13(9)15-11(3)8-10(2)14-15/h5-8,10,14H,1-4H3. The summed E-state index contributed by atoms with van der Waals surface area (Å²) in [6.45, 7) is 6.35. The number of benzene rings is 1. The van der Waals surface area contributed by atoms with Gasteiger partial charge in [0.2, 0.25) is 0 Å². The Morgan fingerprint density at radius 1 is 1.31 bits per heavy atom. The van der Waals surface area contributed by atoms with Crippen LogP contribution in [0.2, 0.25) is 0 Å². The minimum atomic E-state index is 0.390. The molecule has 16 heavy (non-hydrogen) atoms. The van der Waals surface area contributed by atoms with Crippen molar-refractivity contribution in [1.82, 2.24) is 5.43 Å². The molecule has 0 saturated carbocycles. The van der Waals surface area contributed by atoms with Crippen LogP contribution in [0.1, 0.15) is 19.4 Å². The highest BCUT2D eigenvalue weighted by Crippen LogP contribution is 2.28. The van der Waals surface area contributed by atoms with Crippen LogP contribution >= 0.6 is 0 Å². The second-order valence-electron chi connectivity index (χ2n) is 4.21. The highest BCUT2D eigenvalue weighted by atomic mass is 16.5. The quantitative estimate of drug-likeness (QED) is 0.825. The number of aryl methyl sites for hydroxylation is 1. The van der Waals surface area contributed by atoms with E-state index in [4.69, 9.17) is 4.74 Å². The first-order valence-corrected chi connectivity index (χ1v) is 5.51. The lowest BCUT2D eigenvalue weighted by molar-refractivity contribution is 0.414. The summed E-state index contributed by atoms with van der Waals surface area (Å²) in [5.74, 6) is 0.898. The zero-order valence-corrected chi connectivity index (χ0v) is 10.2. The summed E-state index contributed by atoms with van der Waals surface area (Å²) in [6, 6.07) is 6.51. The molecule has 0 amide bonds. The summed E-state index contributed by atoms with van der Waals surface area (Å²) in [7, 11) is 1.69. The Morgan fingerprint density at radius 3 is 2.56 bits per heavy atom. The van der Waals surface area contributed by atoms with Gasteiger partial charge in [-0.3, -0.25) is 5.01 Å². The van der Waals surface area contributed by atoms with Gasteiger partial charge in [0.1, 0.15) is 5.75 Å². The number of rotatable bonds is 2. The average molecular weight is 218 g/mol. The number of allylic oxidation sites excluding steroid dienone is 1. The SMILES string of the molecule is COc1ccc(N2NC(C)C=C2C)c(C)c1. The zero-order chi connectivity index (χ0) is 11.7. The van der Waals surface area contributed by atoms with Crippen molar-refractivity contribution in [2.24, 2.45) is 0 Å². The third-order valence-electron chi connectivity index (χ3n) is 2.82. The first kappa shape index (κ1) is 11.0. The largest absolute Gasteiger partial charge is 0.497 e. The summed E-state index contributed by atoms with van der Waals surface area (Å²) in [5.41, 5.74) is 7.02. The van der Waals surface area contributed by atoms with E-state index in [1.54, 1.807) is 7.11 Å². The van der Waals surface area contributed by atoms with E-state index in [0.29, 0.717) is 6.04 Å². The molecule has 1 N–H and O–H groups in total. The van der Waals surface area contributed by atoms with E-state index >= 15 is 0 Å². The molecule has 0 saturated heterocycles. The first-order chi connectivity index (χ1) is 7.61. The maximum atomic E-state index is 5.21. The molecule has 86 valence electrons. The molecule has 0 spiro atoms. The second kappa shape index (κ2) is 4.18. The smallest absolute Gasteiger partial charge is 0.119 e. The monoisotopic (exact) mass is 218 g/mol. The van der Waals surface area contributed by atoms with Gasteiger partial charge in [-0.25, -0.2) is 5.43 Å². The van der Waals surface area contributed by atoms with Gasteiger partial charge in [0, 0.05) is 11.7 Å². The van der Waals surface area contributed by atoms with Crippen molar-refractivity contribution >= 4 is 5.69 Å². The molecule has 0 aliphatic carbocycles. The van der Waals surface area contributed by atoms with Crippen LogP contribution in [-0.2, 0) is 0 Å². The Bertz CT molecular complexity index is 426. The molecular weight excluding hydrogens is 200 g/mol. The molecule has 2 rings (SSSR count). The van der Waals surface area contributed by atoms with Crippen LogP contribution < -0.4 is 15.2 Å². The van der Waals surface area contributed by atoms with Gasteiger partial charge < -0.3 is 4.74 Å². The van der Waals surface area contributed by atoms with Gasteiger partial charge in [-0.2, -0.15) is 0 Å². The molecule has 1 heterocycles. The van der Waals surface area contributed by atoms with Crippen LogP contribution in [0.15, 0.2) is 30.0 Å². The van der Waals surface area contributed by atoms with Crippen LogP contribution in [0.25, 0.3) is 0 Å². The van der Waals surface area contributed by atoms with Crippen molar-refractivity contribution < 1.29 is 4.74 Å². The highest BCUT2D eigenvalue weighted by molar-refractivity contribution is 5.59. The van der Waals surface area contributed by atoms with Gasteiger partial charge in [0.25, 0.3) is 0 Å². The second-order valence-corrected chi connectivity index (χ2v) is 4.21. The summed E-state index contributed by atoms with van der Waals surface area (Å²) < 4.78 is 5.21. The Labute approximate surface area is 96.7 Å². The van der Waals surface area contributed by atoms with Crippen LogP contribution in [-0.4, -0.2) is 13.2 Å². The van der Waals surface area contributed by atoms with E-state index in [2.05, 4.69) is 43.3 Å². The number of methoxy groups -OCH3 is 1. The fourth-order valence-corrected chi connectivity index (χ4v) is 2.04. The van der Waals surface area contributed by atoms with Crippen molar-refractivity contribution in [3.05, 3.63) is 35.5 Å². The van der Waals surface area contributed by atoms with Gasteiger partial charge in [-0.15, -0.1) is 0 Å². The van der Waals surface area contributed by atoms with E-state index in [1.807, 2.05) is 12.1 Å². The number of ether oxygens (including phenoxy) is 1. The number of nitrogens with one attached hydrogen (secondary N) is 1. The van der Waals surface area contributed by atoms with Crippen LogP contribution in [0.5, 0.6) is 5.75 Å². The Morgan fingerprint density at radius 2 is 2.06 bits per heavy atom. The molecule has 1 aromatic rings. The molecule has 1 aromatic carbocycles. The van der Waals surface area contributed by atoms with Crippen molar-refractivity contribution in [2.75, 3.05) is 12.1 Å².